The number of aryl methyl sites for hydroxylation is 1. The lowest BCUT2D eigenvalue weighted by Gasteiger charge is -2.37. The fourth-order valence-corrected chi connectivity index (χ4v) is 3.11. The topological polar surface area (TPSA) is 41.6 Å². The van der Waals surface area contributed by atoms with E-state index in [1.54, 1.807) is 0 Å². The number of hydrogen-bond acceptors (Lipinski definition) is 3. The Kier molecular flexibility index (Phi) is 3.49. The molecule has 0 spiro atoms. The van der Waals surface area contributed by atoms with Gasteiger partial charge < -0.3 is 10.6 Å². The van der Waals surface area contributed by atoms with Crippen molar-refractivity contribution in [2.75, 3.05) is 11.4 Å². The van der Waals surface area contributed by atoms with Crippen LogP contribution in [0.25, 0.3) is 0 Å². The molecule has 108 valence electrons. The molecule has 1 aliphatic rings. The van der Waals surface area contributed by atoms with E-state index in [1.165, 1.54) is 11.1 Å². The van der Waals surface area contributed by atoms with Crippen molar-refractivity contribution in [3.63, 3.8) is 0 Å². The lowest BCUT2D eigenvalue weighted by atomic mass is 9.90. The average molecular weight is 344 g/mol. The molecule has 2 aromatic rings. The highest BCUT2D eigenvalue weighted by molar-refractivity contribution is 9.10. The van der Waals surface area contributed by atoms with E-state index in [4.69, 9.17) is 5.73 Å². The third kappa shape index (κ3) is 2.44. The van der Waals surface area contributed by atoms with Crippen molar-refractivity contribution < 1.29 is 0 Å². The van der Waals surface area contributed by atoms with E-state index < -0.39 is 0 Å². The van der Waals surface area contributed by atoms with Gasteiger partial charge in [0.1, 0.15) is 0 Å². The standard InChI is InChI=1S/C17H18BrN3/c1-12-4-3-5-15(10-12)21-16(19)20-11-17(21,2)13-6-8-14(18)9-7-13/h3-10H,11H2,1-2H3,(H2,19,20). The summed E-state index contributed by atoms with van der Waals surface area (Å²) in [5.41, 5.74) is 9.42. The van der Waals surface area contributed by atoms with Crippen LogP contribution in [0.2, 0.25) is 0 Å². The Bertz CT molecular complexity index is 693. The van der Waals surface area contributed by atoms with Gasteiger partial charge in [-0.1, -0.05) is 40.2 Å². The molecule has 0 aliphatic carbocycles. The summed E-state index contributed by atoms with van der Waals surface area (Å²) in [7, 11) is 0. The number of hydrogen-bond donors (Lipinski definition) is 1. The van der Waals surface area contributed by atoms with Crippen molar-refractivity contribution in [2.24, 2.45) is 10.7 Å². The smallest absolute Gasteiger partial charge is 0.196 e. The molecule has 0 radical (unpaired) electrons. The molecule has 21 heavy (non-hydrogen) atoms. The summed E-state index contributed by atoms with van der Waals surface area (Å²) in [6, 6.07) is 16.7. The molecule has 1 atom stereocenters. The van der Waals surface area contributed by atoms with E-state index in [-0.39, 0.29) is 5.54 Å². The van der Waals surface area contributed by atoms with Crippen LogP contribution >= 0.6 is 15.9 Å². The minimum atomic E-state index is -0.251. The van der Waals surface area contributed by atoms with Crippen LogP contribution in [0.15, 0.2) is 58.0 Å². The van der Waals surface area contributed by atoms with Crippen LogP contribution in [-0.2, 0) is 5.54 Å². The van der Waals surface area contributed by atoms with Crippen LogP contribution in [0.1, 0.15) is 18.1 Å². The molecule has 0 saturated carbocycles. The van der Waals surface area contributed by atoms with Crippen LogP contribution in [0.3, 0.4) is 0 Å². The zero-order chi connectivity index (χ0) is 15.0. The molecular weight excluding hydrogens is 326 g/mol. The van der Waals surface area contributed by atoms with Gasteiger partial charge in [-0.2, -0.15) is 0 Å². The van der Waals surface area contributed by atoms with E-state index in [0.29, 0.717) is 12.5 Å². The van der Waals surface area contributed by atoms with Gasteiger partial charge >= 0.3 is 0 Å². The third-order valence-corrected chi connectivity index (χ3v) is 4.53. The fraction of sp³-hybridized carbons (Fsp3) is 0.235. The van der Waals surface area contributed by atoms with Gasteiger partial charge in [0.15, 0.2) is 5.96 Å². The molecule has 1 aliphatic heterocycles. The maximum atomic E-state index is 6.17. The summed E-state index contributed by atoms with van der Waals surface area (Å²) in [6.07, 6.45) is 0. The SMILES string of the molecule is Cc1cccc(N2C(N)=NCC2(C)c2ccc(Br)cc2)c1. The number of aliphatic imine (C=N–C) groups is 1. The molecule has 0 aromatic heterocycles. The minimum absolute atomic E-state index is 0.251. The minimum Gasteiger partial charge on any atom is -0.369 e. The van der Waals surface area contributed by atoms with Crippen molar-refractivity contribution in [1.29, 1.82) is 0 Å². The number of benzene rings is 2. The molecule has 0 bridgehead atoms. The van der Waals surface area contributed by atoms with E-state index in [1.807, 2.05) is 0 Å². The van der Waals surface area contributed by atoms with E-state index in [9.17, 15) is 0 Å². The largest absolute Gasteiger partial charge is 0.369 e. The Morgan fingerprint density at radius 3 is 2.57 bits per heavy atom. The van der Waals surface area contributed by atoms with Crippen molar-refractivity contribution in [1.82, 2.24) is 0 Å². The molecule has 0 fully saturated rings. The number of halogens is 1. The summed E-state index contributed by atoms with van der Waals surface area (Å²) in [4.78, 5) is 6.61. The van der Waals surface area contributed by atoms with Crippen molar-refractivity contribution in [2.45, 2.75) is 19.4 Å². The molecule has 2 N–H and O–H groups in total. The van der Waals surface area contributed by atoms with Crippen molar-refractivity contribution in [3.05, 3.63) is 64.1 Å². The first-order valence-electron chi connectivity index (χ1n) is 6.93. The second-order valence-corrected chi connectivity index (χ2v) is 6.55. The quantitative estimate of drug-likeness (QED) is 0.900. The summed E-state index contributed by atoms with van der Waals surface area (Å²) in [5, 5.41) is 0. The molecule has 4 heteroatoms. The Labute approximate surface area is 133 Å². The first-order valence-corrected chi connectivity index (χ1v) is 7.73. The monoisotopic (exact) mass is 343 g/mol. The number of rotatable bonds is 2. The van der Waals surface area contributed by atoms with Crippen LogP contribution in [-0.4, -0.2) is 12.5 Å². The first kappa shape index (κ1) is 14.1. The maximum absolute atomic E-state index is 6.17. The Hall–Kier alpha value is -1.81. The lowest BCUT2D eigenvalue weighted by molar-refractivity contribution is 0.533. The summed E-state index contributed by atoms with van der Waals surface area (Å²) in [5.74, 6) is 0.575. The van der Waals surface area contributed by atoms with Crippen molar-refractivity contribution in [3.8, 4) is 0 Å². The second kappa shape index (κ2) is 5.19. The zero-order valence-corrected chi connectivity index (χ0v) is 13.8. The van der Waals surface area contributed by atoms with Crippen LogP contribution < -0.4 is 10.6 Å². The maximum Gasteiger partial charge on any atom is 0.196 e. The summed E-state index contributed by atoms with van der Waals surface area (Å²) in [6.45, 7) is 4.93. The normalized spacial score (nSPS) is 21.5. The molecule has 1 unspecified atom stereocenters. The molecule has 1 heterocycles. The average Bonchev–Trinajstić information content (AvgIpc) is 2.76. The van der Waals surface area contributed by atoms with Gasteiger partial charge in [-0.05, 0) is 49.2 Å². The first-order chi connectivity index (χ1) is 10.0. The lowest BCUT2D eigenvalue weighted by Crippen LogP contribution is -2.47. The van der Waals surface area contributed by atoms with Gasteiger partial charge in [0, 0.05) is 10.2 Å². The second-order valence-electron chi connectivity index (χ2n) is 5.63. The number of nitrogens with two attached hydrogens (primary N) is 1. The molecule has 3 nitrogen and oxygen atoms in total. The van der Waals surface area contributed by atoms with Gasteiger partial charge in [0.05, 0.1) is 12.1 Å². The number of nitrogens with zero attached hydrogens (tertiary/aromatic N) is 2. The molecule has 2 aromatic carbocycles. The Morgan fingerprint density at radius 2 is 1.90 bits per heavy atom. The highest BCUT2D eigenvalue weighted by Crippen LogP contribution is 2.37. The molecule has 0 saturated heterocycles. The van der Waals surface area contributed by atoms with E-state index in [2.05, 4.69) is 88.2 Å². The number of guanidine groups is 1. The fourth-order valence-electron chi connectivity index (χ4n) is 2.84. The van der Waals surface area contributed by atoms with Gasteiger partial charge in [0.25, 0.3) is 0 Å². The molecule has 0 amide bonds. The van der Waals surface area contributed by atoms with Crippen LogP contribution in [0.5, 0.6) is 0 Å². The predicted molar refractivity (Wildman–Crippen MR) is 91.6 cm³/mol. The summed E-state index contributed by atoms with van der Waals surface area (Å²) >= 11 is 3.49. The zero-order valence-electron chi connectivity index (χ0n) is 12.2. The van der Waals surface area contributed by atoms with E-state index in [0.717, 1.165) is 10.2 Å². The van der Waals surface area contributed by atoms with E-state index >= 15 is 0 Å². The van der Waals surface area contributed by atoms with Crippen molar-refractivity contribution >= 4 is 27.6 Å². The van der Waals surface area contributed by atoms with Gasteiger partial charge in [-0.15, -0.1) is 0 Å². The molecule has 3 rings (SSSR count). The van der Waals surface area contributed by atoms with Gasteiger partial charge in [0.2, 0.25) is 0 Å². The Morgan fingerprint density at radius 1 is 1.19 bits per heavy atom. The van der Waals surface area contributed by atoms with Gasteiger partial charge in [-0.3, -0.25) is 4.99 Å². The Balaban J connectivity index is 2.07. The van der Waals surface area contributed by atoms with Crippen LogP contribution in [0.4, 0.5) is 5.69 Å². The highest BCUT2D eigenvalue weighted by Gasteiger charge is 2.40. The van der Waals surface area contributed by atoms with Gasteiger partial charge in [-0.25, -0.2) is 0 Å². The number of anilines is 1. The highest BCUT2D eigenvalue weighted by atomic mass is 79.9. The molecular formula is C17H18BrN3. The summed E-state index contributed by atoms with van der Waals surface area (Å²) < 4.78 is 1.07. The van der Waals surface area contributed by atoms with Crippen LogP contribution in [0, 0.1) is 6.92 Å². The third-order valence-electron chi connectivity index (χ3n) is 4.00. The predicted octanol–water partition coefficient (Wildman–Crippen LogP) is 3.81.